The molecule has 2 N–H and O–H groups in total. The van der Waals surface area contributed by atoms with Crippen LogP contribution in [0.25, 0.3) is 0 Å². The minimum Gasteiger partial charge on any atom is -0.330 e. The molecule has 0 aromatic rings. The number of hydrogen-bond donors (Lipinski definition) is 1. The Balaban J connectivity index is 1.97. The van der Waals surface area contributed by atoms with Gasteiger partial charge in [0.1, 0.15) is 0 Å². The van der Waals surface area contributed by atoms with E-state index in [9.17, 15) is 0 Å². The monoisotopic (exact) mass is 242 g/mol. The lowest BCUT2D eigenvalue weighted by Crippen LogP contribution is -2.51. The summed E-state index contributed by atoms with van der Waals surface area (Å²) in [6.07, 6.45) is 8.21. The van der Waals surface area contributed by atoms with Crippen molar-refractivity contribution in [3.05, 3.63) is 0 Å². The van der Waals surface area contributed by atoms with Crippen LogP contribution in [0.2, 0.25) is 0 Å². The Morgan fingerprint density at radius 3 is 2.88 bits per heavy atom. The number of hydrogen-bond acceptors (Lipinski definition) is 3. The summed E-state index contributed by atoms with van der Waals surface area (Å²) in [4.78, 5) is 2.80. The molecule has 0 aromatic carbocycles. The van der Waals surface area contributed by atoms with E-state index < -0.39 is 0 Å². The summed E-state index contributed by atoms with van der Waals surface area (Å²) in [5, 5.41) is 0.826. The summed E-state index contributed by atoms with van der Waals surface area (Å²) in [7, 11) is 0. The fourth-order valence-corrected chi connectivity index (χ4v) is 4.52. The van der Waals surface area contributed by atoms with Crippen molar-refractivity contribution in [1.29, 1.82) is 0 Å². The molecule has 2 aliphatic heterocycles. The van der Waals surface area contributed by atoms with E-state index in [1.165, 1.54) is 50.8 Å². The molecular formula is C13H26N2S. The third kappa shape index (κ3) is 2.93. The van der Waals surface area contributed by atoms with Crippen LogP contribution in [0.3, 0.4) is 0 Å². The molecule has 3 atom stereocenters. The molecule has 2 fully saturated rings. The highest BCUT2D eigenvalue weighted by Gasteiger charge is 2.33. The van der Waals surface area contributed by atoms with Gasteiger partial charge in [0.2, 0.25) is 0 Å². The summed E-state index contributed by atoms with van der Waals surface area (Å²) in [6.45, 7) is 4.60. The van der Waals surface area contributed by atoms with Gasteiger partial charge in [-0.1, -0.05) is 13.3 Å². The SMILES string of the molecule is CC1SCCCC1N1CCCCC1CCN. The van der Waals surface area contributed by atoms with Crippen molar-refractivity contribution < 1.29 is 0 Å². The Kier molecular flexibility index (Phi) is 4.98. The summed E-state index contributed by atoms with van der Waals surface area (Å²) >= 11 is 2.17. The first-order valence-corrected chi connectivity index (χ1v) is 7.95. The maximum absolute atomic E-state index is 5.75. The molecule has 0 aliphatic carbocycles. The predicted octanol–water partition coefficient (Wildman–Crippen LogP) is 2.47. The predicted molar refractivity (Wildman–Crippen MR) is 73.0 cm³/mol. The lowest BCUT2D eigenvalue weighted by Gasteiger charge is -2.45. The average Bonchev–Trinajstić information content (AvgIpc) is 2.31. The van der Waals surface area contributed by atoms with Gasteiger partial charge < -0.3 is 5.73 Å². The standard InChI is InChI=1S/C13H26N2S/c1-11-13(6-4-10-16-11)15-9-3-2-5-12(15)7-8-14/h11-13H,2-10,14H2,1H3. The first kappa shape index (κ1) is 12.7. The van der Waals surface area contributed by atoms with Crippen molar-refractivity contribution >= 4 is 11.8 Å². The molecular weight excluding hydrogens is 216 g/mol. The molecule has 0 radical (unpaired) electrons. The molecule has 3 unspecified atom stereocenters. The van der Waals surface area contributed by atoms with Gasteiger partial charge in [-0.2, -0.15) is 11.8 Å². The summed E-state index contributed by atoms with van der Waals surface area (Å²) in [5.74, 6) is 1.37. The first-order chi connectivity index (χ1) is 7.83. The van der Waals surface area contributed by atoms with E-state index in [4.69, 9.17) is 5.73 Å². The van der Waals surface area contributed by atoms with Crippen LogP contribution in [0.1, 0.15) is 45.4 Å². The third-order valence-corrected chi connectivity index (χ3v) is 5.53. The third-order valence-electron chi connectivity index (χ3n) is 4.17. The zero-order chi connectivity index (χ0) is 11.4. The highest BCUT2D eigenvalue weighted by Crippen LogP contribution is 2.33. The van der Waals surface area contributed by atoms with Gasteiger partial charge in [-0.05, 0) is 50.9 Å². The highest BCUT2D eigenvalue weighted by atomic mass is 32.2. The average molecular weight is 242 g/mol. The molecule has 0 bridgehead atoms. The number of rotatable bonds is 3. The molecule has 0 amide bonds. The number of nitrogens with two attached hydrogens (primary N) is 1. The second-order valence-corrected chi connectivity index (χ2v) is 6.74. The van der Waals surface area contributed by atoms with E-state index in [1.54, 1.807) is 0 Å². The van der Waals surface area contributed by atoms with E-state index in [0.717, 1.165) is 23.9 Å². The number of piperidine rings is 1. The fraction of sp³-hybridized carbons (Fsp3) is 1.00. The van der Waals surface area contributed by atoms with Crippen LogP contribution in [-0.2, 0) is 0 Å². The Hall–Kier alpha value is 0.270. The Bertz CT molecular complexity index is 208. The van der Waals surface area contributed by atoms with Crippen LogP contribution in [0.4, 0.5) is 0 Å². The van der Waals surface area contributed by atoms with Crippen LogP contribution in [0, 0.1) is 0 Å². The Morgan fingerprint density at radius 1 is 1.25 bits per heavy atom. The second-order valence-electron chi connectivity index (χ2n) is 5.25. The van der Waals surface area contributed by atoms with Crippen LogP contribution in [-0.4, -0.2) is 41.1 Å². The van der Waals surface area contributed by atoms with E-state index in [0.29, 0.717) is 0 Å². The Morgan fingerprint density at radius 2 is 2.12 bits per heavy atom. The number of likely N-dealkylation sites (tertiary alicyclic amines) is 1. The van der Waals surface area contributed by atoms with E-state index >= 15 is 0 Å². The molecule has 0 saturated carbocycles. The molecule has 2 saturated heterocycles. The number of thioether (sulfide) groups is 1. The highest BCUT2D eigenvalue weighted by molar-refractivity contribution is 7.99. The summed E-state index contributed by atoms with van der Waals surface area (Å²) < 4.78 is 0. The molecule has 0 spiro atoms. The first-order valence-electron chi connectivity index (χ1n) is 6.90. The van der Waals surface area contributed by atoms with E-state index in [2.05, 4.69) is 23.6 Å². The molecule has 16 heavy (non-hydrogen) atoms. The molecule has 3 heteroatoms. The van der Waals surface area contributed by atoms with E-state index in [1.807, 2.05) is 0 Å². The molecule has 2 nitrogen and oxygen atoms in total. The van der Waals surface area contributed by atoms with Crippen LogP contribution in [0.15, 0.2) is 0 Å². The van der Waals surface area contributed by atoms with Crippen molar-refractivity contribution in [1.82, 2.24) is 4.90 Å². The number of nitrogens with zero attached hydrogens (tertiary/aromatic N) is 1. The van der Waals surface area contributed by atoms with Crippen molar-refractivity contribution in [2.75, 3.05) is 18.8 Å². The lowest BCUT2D eigenvalue weighted by molar-refractivity contribution is 0.0834. The minimum absolute atomic E-state index is 0.782. The maximum Gasteiger partial charge on any atom is 0.0215 e. The maximum atomic E-state index is 5.75. The van der Waals surface area contributed by atoms with Crippen molar-refractivity contribution in [3.8, 4) is 0 Å². The molecule has 0 aromatic heterocycles. The zero-order valence-electron chi connectivity index (χ0n) is 10.5. The normalized spacial score (nSPS) is 37.5. The summed E-state index contributed by atoms with van der Waals surface area (Å²) in [5.41, 5.74) is 5.75. The quantitative estimate of drug-likeness (QED) is 0.824. The van der Waals surface area contributed by atoms with Crippen LogP contribution in [0.5, 0.6) is 0 Å². The topological polar surface area (TPSA) is 29.3 Å². The minimum atomic E-state index is 0.782. The smallest absolute Gasteiger partial charge is 0.0215 e. The summed E-state index contributed by atoms with van der Waals surface area (Å²) in [6, 6.07) is 1.61. The van der Waals surface area contributed by atoms with Gasteiger partial charge in [-0.3, -0.25) is 4.90 Å². The molecule has 2 heterocycles. The molecule has 94 valence electrons. The van der Waals surface area contributed by atoms with Gasteiger partial charge in [0.25, 0.3) is 0 Å². The fourth-order valence-electron chi connectivity index (χ4n) is 3.30. The van der Waals surface area contributed by atoms with Gasteiger partial charge in [-0.15, -0.1) is 0 Å². The lowest BCUT2D eigenvalue weighted by atomic mass is 9.94. The largest absolute Gasteiger partial charge is 0.330 e. The van der Waals surface area contributed by atoms with Crippen molar-refractivity contribution in [2.45, 2.75) is 62.8 Å². The molecule has 2 rings (SSSR count). The van der Waals surface area contributed by atoms with Gasteiger partial charge in [0.05, 0.1) is 0 Å². The zero-order valence-corrected chi connectivity index (χ0v) is 11.3. The van der Waals surface area contributed by atoms with E-state index in [-0.39, 0.29) is 0 Å². The van der Waals surface area contributed by atoms with Crippen molar-refractivity contribution in [2.24, 2.45) is 5.73 Å². The van der Waals surface area contributed by atoms with Gasteiger partial charge in [-0.25, -0.2) is 0 Å². The van der Waals surface area contributed by atoms with Gasteiger partial charge >= 0.3 is 0 Å². The second kappa shape index (κ2) is 6.27. The van der Waals surface area contributed by atoms with Gasteiger partial charge in [0, 0.05) is 17.3 Å². The van der Waals surface area contributed by atoms with Gasteiger partial charge in [0.15, 0.2) is 0 Å². The Labute approximate surface area is 104 Å². The van der Waals surface area contributed by atoms with Crippen LogP contribution >= 0.6 is 11.8 Å². The van der Waals surface area contributed by atoms with Crippen molar-refractivity contribution in [3.63, 3.8) is 0 Å². The van der Waals surface area contributed by atoms with Crippen LogP contribution < -0.4 is 5.73 Å². The molecule has 2 aliphatic rings.